The van der Waals surface area contributed by atoms with Crippen LogP contribution in [0, 0.1) is 5.41 Å². The van der Waals surface area contributed by atoms with Crippen molar-refractivity contribution in [2.24, 2.45) is 5.41 Å². The molecule has 2 heterocycles. The summed E-state index contributed by atoms with van der Waals surface area (Å²) in [6, 6.07) is 0. The molecule has 4 nitrogen and oxygen atoms in total. The number of fused-ring (bicyclic) bond motifs is 2. The maximum absolute atomic E-state index is 5.19. The molecule has 2 rings (SSSR count). The highest BCUT2D eigenvalue weighted by atomic mass is 17.4. The minimum absolute atomic E-state index is 0.208. The molecule has 2 aliphatic heterocycles. The van der Waals surface area contributed by atoms with Crippen molar-refractivity contribution in [2.45, 2.75) is 52.1 Å². The van der Waals surface area contributed by atoms with Crippen LogP contribution >= 0.6 is 0 Å². The quantitative estimate of drug-likeness (QED) is 0.622. The minimum atomic E-state index is -0.759. The van der Waals surface area contributed by atoms with Crippen LogP contribution in [0.15, 0.2) is 0 Å². The van der Waals surface area contributed by atoms with Crippen LogP contribution in [-0.4, -0.2) is 11.6 Å². The third-order valence-corrected chi connectivity index (χ3v) is 3.67. The zero-order valence-corrected chi connectivity index (χ0v) is 8.55. The van der Waals surface area contributed by atoms with E-state index in [1.165, 1.54) is 0 Å². The molecule has 2 aliphatic rings. The third kappa shape index (κ3) is 0.801. The van der Waals surface area contributed by atoms with Crippen molar-refractivity contribution in [2.75, 3.05) is 0 Å². The second kappa shape index (κ2) is 2.45. The number of hydrogen-bond acceptors (Lipinski definition) is 4. The van der Waals surface area contributed by atoms with Crippen LogP contribution in [-0.2, 0) is 19.6 Å². The van der Waals surface area contributed by atoms with Crippen LogP contribution in [0.5, 0.6) is 0 Å². The van der Waals surface area contributed by atoms with Gasteiger partial charge in [0, 0.05) is 0 Å². The second-order valence-electron chi connectivity index (χ2n) is 4.01. The molecule has 0 spiro atoms. The van der Waals surface area contributed by atoms with Gasteiger partial charge in [0.1, 0.15) is 0 Å². The van der Waals surface area contributed by atoms with Crippen LogP contribution in [0.1, 0.15) is 40.5 Å². The monoisotopic (exact) mass is 188 g/mol. The zero-order chi connectivity index (χ0) is 9.74. The summed E-state index contributed by atoms with van der Waals surface area (Å²) in [5.74, 6) is -1.52. The lowest BCUT2D eigenvalue weighted by Crippen LogP contribution is -2.46. The molecule has 0 radical (unpaired) electrons. The standard InChI is InChI=1S/C9H16O4/c1-5-9(6-2)7(3)10-12-8(9,4)13-11-7/h5-6H2,1-4H3. The first kappa shape index (κ1) is 9.40. The smallest absolute Gasteiger partial charge is 0.194 e. The van der Waals surface area contributed by atoms with E-state index < -0.39 is 11.6 Å². The van der Waals surface area contributed by atoms with Crippen molar-refractivity contribution in [1.29, 1.82) is 0 Å². The van der Waals surface area contributed by atoms with Crippen molar-refractivity contribution < 1.29 is 19.6 Å². The Morgan fingerprint density at radius 3 is 1.23 bits per heavy atom. The maximum atomic E-state index is 5.19. The predicted octanol–water partition coefficient (Wildman–Crippen LogP) is 2.15. The number of hydrogen-bond donors (Lipinski definition) is 0. The fourth-order valence-corrected chi connectivity index (χ4v) is 2.61. The molecule has 0 aliphatic carbocycles. The Morgan fingerprint density at radius 1 is 0.769 bits per heavy atom. The van der Waals surface area contributed by atoms with E-state index in [1.54, 1.807) is 0 Å². The van der Waals surface area contributed by atoms with Crippen LogP contribution in [0.3, 0.4) is 0 Å². The van der Waals surface area contributed by atoms with Gasteiger partial charge in [-0.15, -0.1) is 0 Å². The molecular weight excluding hydrogens is 172 g/mol. The van der Waals surface area contributed by atoms with Crippen molar-refractivity contribution in [3.05, 3.63) is 0 Å². The molecule has 2 fully saturated rings. The van der Waals surface area contributed by atoms with Gasteiger partial charge in [0.25, 0.3) is 0 Å². The Balaban J connectivity index is 2.45. The highest BCUT2D eigenvalue weighted by Crippen LogP contribution is 2.62. The first-order chi connectivity index (χ1) is 6.04. The van der Waals surface area contributed by atoms with Crippen molar-refractivity contribution in [3.8, 4) is 0 Å². The fourth-order valence-electron chi connectivity index (χ4n) is 2.61. The molecule has 0 saturated carbocycles. The molecule has 0 unspecified atom stereocenters. The molecule has 0 aromatic rings. The van der Waals surface area contributed by atoms with Crippen molar-refractivity contribution in [3.63, 3.8) is 0 Å². The Labute approximate surface area is 78.0 Å². The molecule has 0 N–H and O–H groups in total. The molecule has 0 aromatic heterocycles. The maximum Gasteiger partial charge on any atom is 0.242 e. The average molecular weight is 188 g/mol. The summed E-state index contributed by atoms with van der Waals surface area (Å²) in [6.45, 7) is 7.91. The van der Waals surface area contributed by atoms with Gasteiger partial charge >= 0.3 is 0 Å². The van der Waals surface area contributed by atoms with Gasteiger partial charge in [0.05, 0.1) is 5.41 Å². The minimum Gasteiger partial charge on any atom is -0.194 e. The Morgan fingerprint density at radius 2 is 1.08 bits per heavy atom. The highest BCUT2D eigenvalue weighted by molar-refractivity contribution is 5.03. The van der Waals surface area contributed by atoms with E-state index in [0.717, 1.165) is 12.8 Å². The molecule has 4 heteroatoms. The highest BCUT2D eigenvalue weighted by Gasteiger charge is 2.74. The summed E-state index contributed by atoms with van der Waals surface area (Å²) in [6.07, 6.45) is 1.80. The van der Waals surface area contributed by atoms with E-state index in [9.17, 15) is 0 Å². The lowest BCUT2D eigenvalue weighted by Gasteiger charge is -2.33. The zero-order valence-electron chi connectivity index (χ0n) is 8.55. The molecule has 2 saturated heterocycles. The van der Waals surface area contributed by atoms with Crippen LogP contribution in [0.2, 0.25) is 0 Å². The van der Waals surface area contributed by atoms with Gasteiger partial charge in [-0.3, -0.25) is 0 Å². The summed E-state index contributed by atoms with van der Waals surface area (Å²) in [5.41, 5.74) is -0.208. The van der Waals surface area contributed by atoms with E-state index in [0.29, 0.717) is 0 Å². The van der Waals surface area contributed by atoms with Gasteiger partial charge in [0.15, 0.2) is 0 Å². The molecule has 76 valence electrons. The lowest BCUT2D eigenvalue weighted by molar-refractivity contribution is -0.583. The summed E-state index contributed by atoms with van der Waals surface area (Å²) >= 11 is 0. The van der Waals surface area contributed by atoms with Crippen molar-refractivity contribution in [1.82, 2.24) is 0 Å². The summed E-state index contributed by atoms with van der Waals surface area (Å²) in [5, 5.41) is 0. The predicted molar refractivity (Wildman–Crippen MR) is 44.2 cm³/mol. The molecule has 0 aromatic carbocycles. The van der Waals surface area contributed by atoms with Crippen molar-refractivity contribution >= 4 is 0 Å². The molecule has 0 atom stereocenters. The van der Waals surface area contributed by atoms with Gasteiger partial charge < -0.3 is 0 Å². The van der Waals surface area contributed by atoms with E-state index in [4.69, 9.17) is 19.6 Å². The SMILES string of the molecule is CCC1(CC)C2(C)OOC1(C)OO2. The molecule has 2 bridgehead atoms. The first-order valence-corrected chi connectivity index (χ1v) is 4.77. The van der Waals surface area contributed by atoms with Gasteiger partial charge in [0.2, 0.25) is 11.6 Å². The normalized spacial score (nSPS) is 47.1. The van der Waals surface area contributed by atoms with Crippen LogP contribution < -0.4 is 0 Å². The van der Waals surface area contributed by atoms with Gasteiger partial charge in [-0.25, -0.2) is 0 Å². The second-order valence-corrected chi connectivity index (χ2v) is 4.01. The lowest BCUT2D eigenvalue weighted by atomic mass is 9.70. The van der Waals surface area contributed by atoms with Gasteiger partial charge in [-0.1, -0.05) is 13.8 Å². The Bertz CT molecular complexity index is 194. The summed E-state index contributed by atoms with van der Waals surface area (Å²) < 4.78 is 0. The Hall–Kier alpha value is -0.160. The van der Waals surface area contributed by atoms with E-state index in [2.05, 4.69) is 13.8 Å². The van der Waals surface area contributed by atoms with E-state index in [1.807, 2.05) is 13.8 Å². The molecular formula is C9H16O4. The Kier molecular flexibility index (Phi) is 1.77. The van der Waals surface area contributed by atoms with Crippen LogP contribution in [0.25, 0.3) is 0 Å². The van der Waals surface area contributed by atoms with Crippen LogP contribution in [0.4, 0.5) is 0 Å². The topological polar surface area (TPSA) is 36.9 Å². The van der Waals surface area contributed by atoms with Gasteiger partial charge in [-0.2, -0.15) is 19.6 Å². The number of rotatable bonds is 2. The third-order valence-electron chi connectivity index (χ3n) is 3.67. The van der Waals surface area contributed by atoms with E-state index in [-0.39, 0.29) is 5.41 Å². The molecule has 13 heavy (non-hydrogen) atoms. The molecule has 0 amide bonds. The van der Waals surface area contributed by atoms with Gasteiger partial charge in [-0.05, 0) is 26.7 Å². The van der Waals surface area contributed by atoms with E-state index >= 15 is 0 Å². The largest absolute Gasteiger partial charge is 0.242 e. The fraction of sp³-hybridized carbons (Fsp3) is 1.00. The first-order valence-electron chi connectivity index (χ1n) is 4.77. The summed E-state index contributed by atoms with van der Waals surface area (Å²) in [7, 11) is 0. The summed E-state index contributed by atoms with van der Waals surface area (Å²) in [4.78, 5) is 20.8. The average Bonchev–Trinajstić information content (AvgIpc) is 2.47.